The first-order valence-corrected chi connectivity index (χ1v) is 4.79. The highest BCUT2D eigenvalue weighted by Crippen LogP contribution is 2.11. The Kier molecular flexibility index (Phi) is 3.65. The second kappa shape index (κ2) is 4.77. The maximum absolute atomic E-state index is 11.5. The van der Waals surface area contributed by atoms with Gasteiger partial charge in [-0.15, -0.1) is 0 Å². The van der Waals surface area contributed by atoms with E-state index >= 15 is 0 Å². The summed E-state index contributed by atoms with van der Waals surface area (Å²) in [6, 6.07) is 7.35. The normalized spacial score (nSPS) is 12.2. The van der Waals surface area contributed by atoms with Crippen molar-refractivity contribution in [2.75, 3.05) is 6.54 Å². The Morgan fingerprint density at radius 1 is 1.57 bits per heavy atom. The maximum Gasteiger partial charge on any atom is 0.251 e. The molecule has 0 aliphatic rings. The van der Waals surface area contributed by atoms with Crippen LogP contribution in [0.4, 0.5) is 0 Å². The Balaban J connectivity index is 2.88. The fourth-order valence-electron chi connectivity index (χ4n) is 1.23. The van der Waals surface area contributed by atoms with Crippen LogP contribution >= 0.6 is 0 Å². The molecule has 0 bridgehead atoms. The topological polar surface area (TPSA) is 55.1 Å². The minimum absolute atomic E-state index is 0.0376. The van der Waals surface area contributed by atoms with Crippen molar-refractivity contribution in [2.45, 2.75) is 19.9 Å². The lowest BCUT2D eigenvalue weighted by atomic mass is 10.1. The van der Waals surface area contributed by atoms with Gasteiger partial charge in [0.1, 0.15) is 0 Å². The summed E-state index contributed by atoms with van der Waals surface area (Å²) in [7, 11) is 0. The lowest BCUT2D eigenvalue weighted by molar-refractivity contribution is 0.0955. The Hall–Kier alpha value is -1.35. The van der Waals surface area contributed by atoms with Crippen LogP contribution in [0.15, 0.2) is 24.3 Å². The highest BCUT2D eigenvalue weighted by Gasteiger charge is 2.05. The van der Waals surface area contributed by atoms with Gasteiger partial charge in [0.05, 0.1) is 0 Å². The van der Waals surface area contributed by atoms with Gasteiger partial charge in [0.15, 0.2) is 0 Å². The molecule has 0 aromatic heterocycles. The van der Waals surface area contributed by atoms with Crippen molar-refractivity contribution in [1.29, 1.82) is 0 Å². The minimum atomic E-state index is -0.0463. The highest BCUT2D eigenvalue weighted by molar-refractivity contribution is 5.94. The smallest absolute Gasteiger partial charge is 0.251 e. The fourth-order valence-corrected chi connectivity index (χ4v) is 1.23. The van der Waals surface area contributed by atoms with Crippen molar-refractivity contribution in [3.63, 3.8) is 0 Å². The van der Waals surface area contributed by atoms with Crippen molar-refractivity contribution in [3.05, 3.63) is 35.4 Å². The van der Waals surface area contributed by atoms with Crippen LogP contribution in [-0.2, 0) is 0 Å². The number of benzene rings is 1. The van der Waals surface area contributed by atoms with Crippen LogP contribution in [0.1, 0.15) is 35.8 Å². The number of carbonyl (C=O) groups is 1. The van der Waals surface area contributed by atoms with Gasteiger partial charge in [-0.1, -0.05) is 12.1 Å². The van der Waals surface area contributed by atoms with E-state index in [1.807, 2.05) is 32.0 Å². The lowest BCUT2D eigenvalue weighted by Gasteiger charge is -2.07. The van der Waals surface area contributed by atoms with Gasteiger partial charge < -0.3 is 11.1 Å². The zero-order valence-corrected chi connectivity index (χ0v) is 8.58. The van der Waals surface area contributed by atoms with Gasteiger partial charge in [0, 0.05) is 18.2 Å². The molecule has 76 valence electrons. The van der Waals surface area contributed by atoms with Crippen molar-refractivity contribution >= 4 is 5.91 Å². The number of rotatable bonds is 3. The second-order valence-corrected chi connectivity index (χ2v) is 3.27. The summed E-state index contributed by atoms with van der Waals surface area (Å²) in [5, 5.41) is 2.75. The predicted molar refractivity (Wildman–Crippen MR) is 57.1 cm³/mol. The van der Waals surface area contributed by atoms with Gasteiger partial charge in [0.2, 0.25) is 0 Å². The molecule has 1 aromatic carbocycles. The molecular weight excluding hydrogens is 176 g/mol. The van der Waals surface area contributed by atoms with Gasteiger partial charge in [0.25, 0.3) is 5.91 Å². The Labute approximate surface area is 84.3 Å². The highest BCUT2D eigenvalue weighted by atomic mass is 16.1. The first-order valence-electron chi connectivity index (χ1n) is 4.79. The minimum Gasteiger partial charge on any atom is -0.352 e. The third-order valence-corrected chi connectivity index (χ3v) is 2.01. The molecular formula is C11H16N2O. The SMILES string of the molecule is CCNC(=O)c1cccc([C@H](C)N)c1. The molecule has 3 nitrogen and oxygen atoms in total. The van der Waals surface area contributed by atoms with Gasteiger partial charge in [-0.05, 0) is 31.5 Å². The number of nitrogens with two attached hydrogens (primary N) is 1. The number of carbonyl (C=O) groups excluding carboxylic acids is 1. The molecule has 3 heteroatoms. The molecule has 0 fully saturated rings. The van der Waals surface area contributed by atoms with E-state index in [-0.39, 0.29) is 11.9 Å². The molecule has 1 rings (SSSR count). The molecule has 14 heavy (non-hydrogen) atoms. The van der Waals surface area contributed by atoms with Gasteiger partial charge in [-0.2, -0.15) is 0 Å². The van der Waals surface area contributed by atoms with E-state index in [1.54, 1.807) is 6.07 Å². The van der Waals surface area contributed by atoms with Crippen LogP contribution in [0.25, 0.3) is 0 Å². The summed E-state index contributed by atoms with van der Waals surface area (Å²) in [4.78, 5) is 11.5. The molecule has 3 N–H and O–H groups in total. The molecule has 0 saturated heterocycles. The summed E-state index contributed by atoms with van der Waals surface area (Å²) in [6.45, 7) is 4.44. The van der Waals surface area contributed by atoms with Gasteiger partial charge in [-0.3, -0.25) is 4.79 Å². The van der Waals surface area contributed by atoms with E-state index in [2.05, 4.69) is 5.32 Å². The maximum atomic E-state index is 11.5. The van der Waals surface area contributed by atoms with E-state index in [0.717, 1.165) is 5.56 Å². The zero-order chi connectivity index (χ0) is 10.6. The van der Waals surface area contributed by atoms with Crippen LogP contribution in [0.3, 0.4) is 0 Å². The van der Waals surface area contributed by atoms with Crippen LogP contribution in [0, 0.1) is 0 Å². The molecule has 1 atom stereocenters. The van der Waals surface area contributed by atoms with E-state index in [9.17, 15) is 4.79 Å². The number of nitrogens with one attached hydrogen (secondary N) is 1. The van der Waals surface area contributed by atoms with Crippen LogP contribution in [-0.4, -0.2) is 12.5 Å². The molecule has 0 heterocycles. The van der Waals surface area contributed by atoms with Crippen molar-refractivity contribution in [3.8, 4) is 0 Å². The summed E-state index contributed by atoms with van der Waals surface area (Å²) < 4.78 is 0. The Bertz CT molecular complexity index is 321. The second-order valence-electron chi connectivity index (χ2n) is 3.27. The predicted octanol–water partition coefficient (Wildman–Crippen LogP) is 1.46. The molecule has 0 spiro atoms. The quantitative estimate of drug-likeness (QED) is 0.761. The number of hydrogen-bond acceptors (Lipinski definition) is 2. The summed E-state index contributed by atoms with van der Waals surface area (Å²) >= 11 is 0. The lowest BCUT2D eigenvalue weighted by Crippen LogP contribution is -2.22. The van der Waals surface area contributed by atoms with E-state index in [4.69, 9.17) is 5.73 Å². The third-order valence-electron chi connectivity index (χ3n) is 2.01. The average molecular weight is 192 g/mol. The van der Waals surface area contributed by atoms with E-state index < -0.39 is 0 Å². The first kappa shape index (κ1) is 10.7. The molecule has 1 aromatic rings. The number of hydrogen-bond donors (Lipinski definition) is 2. The molecule has 0 radical (unpaired) electrons. The molecule has 0 unspecified atom stereocenters. The van der Waals surface area contributed by atoms with Crippen LogP contribution in [0.5, 0.6) is 0 Å². The fraction of sp³-hybridized carbons (Fsp3) is 0.364. The largest absolute Gasteiger partial charge is 0.352 e. The third kappa shape index (κ3) is 2.57. The Morgan fingerprint density at radius 3 is 2.86 bits per heavy atom. The average Bonchev–Trinajstić information content (AvgIpc) is 2.18. The van der Waals surface area contributed by atoms with Crippen molar-refractivity contribution in [1.82, 2.24) is 5.32 Å². The molecule has 0 saturated carbocycles. The number of amides is 1. The molecule has 0 aliphatic heterocycles. The van der Waals surface area contributed by atoms with Crippen LogP contribution in [0.2, 0.25) is 0 Å². The summed E-state index contributed by atoms with van der Waals surface area (Å²) in [6.07, 6.45) is 0. The summed E-state index contributed by atoms with van der Waals surface area (Å²) in [5.74, 6) is -0.0463. The summed E-state index contributed by atoms with van der Waals surface area (Å²) in [5.41, 5.74) is 7.37. The molecule has 0 aliphatic carbocycles. The molecule has 1 amide bonds. The monoisotopic (exact) mass is 192 g/mol. The van der Waals surface area contributed by atoms with Gasteiger partial charge in [-0.25, -0.2) is 0 Å². The first-order chi connectivity index (χ1) is 6.65. The van der Waals surface area contributed by atoms with Crippen molar-refractivity contribution < 1.29 is 4.79 Å². The van der Waals surface area contributed by atoms with Crippen LogP contribution < -0.4 is 11.1 Å². The standard InChI is InChI=1S/C11H16N2O/c1-3-13-11(14)10-6-4-5-9(7-10)8(2)12/h4-8H,3,12H2,1-2H3,(H,13,14)/t8-/m0/s1. The van der Waals surface area contributed by atoms with E-state index in [0.29, 0.717) is 12.1 Å². The Morgan fingerprint density at radius 2 is 2.29 bits per heavy atom. The zero-order valence-electron chi connectivity index (χ0n) is 8.58. The van der Waals surface area contributed by atoms with E-state index in [1.165, 1.54) is 0 Å². The van der Waals surface area contributed by atoms with Gasteiger partial charge >= 0.3 is 0 Å². The van der Waals surface area contributed by atoms with Crippen molar-refractivity contribution in [2.24, 2.45) is 5.73 Å².